The summed E-state index contributed by atoms with van der Waals surface area (Å²) in [7, 11) is 1.99. The molecule has 1 saturated heterocycles. The SMILES string of the molecule is CC(=O)Nc1ccc(Cl)c(C(=O)N2CCN(C)[C@H](CCO)C2)c1. The van der Waals surface area contributed by atoms with E-state index in [4.69, 9.17) is 16.7 Å². The van der Waals surface area contributed by atoms with E-state index < -0.39 is 0 Å². The largest absolute Gasteiger partial charge is 0.396 e. The van der Waals surface area contributed by atoms with Crippen LogP contribution in [0.1, 0.15) is 23.7 Å². The summed E-state index contributed by atoms with van der Waals surface area (Å²) in [5.74, 6) is -0.355. The number of likely N-dealkylation sites (N-methyl/N-ethyl adjacent to an activating group) is 1. The number of rotatable bonds is 4. The number of benzene rings is 1. The van der Waals surface area contributed by atoms with Crippen molar-refractivity contribution in [2.45, 2.75) is 19.4 Å². The summed E-state index contributed by atoms with van der Waals surface area (Å²) in [6, 6.07) is 5.02. The molecule has 1 atom stereocenters. The van der Waals surface area contributed by atoms with Crippen LogP contribution >= 0.6 is 11.6 Å². The molecule has 2 rings (SSSR count). The number of halogens is 1. The van der Waals surface area contributed by atoms with E-state index in [1.165, 1.54) is 6.92 Å². The van der Waals surface area contributed by atoms with E-state index in [2.05, 4.69) is 10.2 Å². The maximum atomic E-state index is 12.8. The Morgan fingerprint density at radius 3 is 2.78 bits per heavy atom. The van der Waals surface area contributed by atoms with E-state index in [0.29, 0.717) is 35.8 Å². The first-order valence-electron chi connectivity index (χ1n) is 7.60. The molecule has 2 N–H and O–H groups in total. The Hall–Kier alpha value is -1.63. The molecule has 1 heterocycles. The molecular formula is C16H22ClN3O3. The summed E-state index contributed by atoms with van der Waals surface area (Å²) >= 11 is 6.16. The van der Waals surface area contributed by atoms with Gasteiger partial charge in [0.1, 0.15) is 0 Å². The molecule has 1 fully saturated rings. The number of aliphatic hydroxyl groups is 1. The average Bonchev–Trinajstić information content (AvgIpc) is 2.50. The summed E-state index contributed by atoms with van der Waals surface area (Å²) in [6.45, 7) is 3.42. The number of carbonyl (C=O) groups excluding carboxylic acids is 2. The average molecular weight is 340 g/mol. The molecule has 6 nitrogen and oxygen atoms in total. The van der Waals surface area contributed by atoms with Crippen LogP contribution in [0.5, 0.6) is 0 Å². The van der Waals surface area contributed by atoms with Crippen molar-refractivity contribution in [3.05, 3.63) is 28.8 Å². The fourth-order valence-electron chi connectivity index (χ4n) is 2.73. The first kappa shape index (κ1) is 17.7. The number of anilines is 1. The molecule has 126 valence electrons. The highest BCUT2D eigenvalue weighted by Gasteiger charge is 2.28. The molecule has 0 unspecified atom stereocenters. The third kappa shape index (κ3) is 4.43. The van der Waals surface area contributed by atoms with Crippen LogP contribution in [0.25, 0.3) is 0 Å². The normalized spacial score (nSPS) is 18.8. The van der Waals surface area contributed by atoms with Gasteiger partial charge in [-0.25, -0.2) is 0 Å². The third-order valence-electron chi connectivity index (χ3n) is 4.04. The molecule has 2 amide bonds. The fraction of sp³-hybridized carbons (Fsp3) is 0.500. The zero-order valence-corrected chi connectivity index (χ0v) is 14.1. The van der Waals surface area contributed by atoms with Crippen LogP contribution in [0.3, 0.4) is 0 Å². The second-order valence-corrected chi connectivity index (χ2v) is 6.18. The van der Waals surface area contributed by atoms with Gasteiger partial charge in [0.2, 0.25) is 5.91 Å². The highest BCUT2D eigenvalue weighted by atomic mass is 35.5. The molecule has 1 aromatic carbocycles. The van der Waals surface area contributed by atoms with Crippen LogP contribution in [0.2, 0.25) is 5.02 Å². The molecule has 0 spiro atoms. The Kier molecular flexibility index (Phi) is 5.98. The first-order chi connectivity index (χ1) is 10.9. The molecule has 23 heavy (non-hydrogen) atoms. The minimum Gasteiger partial charge on any atom is -0.396 e. The molecule has 1 aromatic rings. The van der Waals surface area contributed by atoms with Gasteiger partial charge in [-0.1, -0.05) is 11.6 Å². The van der Waals surface area contributed by atoms with Gasteiger partial charge in [-0.2, -0.15) is 0 Å². The Morgan fingerprint density at radius 1 is 1.39 bits per heavy atom. The summed E-state index contributed by atoms with van der Waals surface area (Å²) in [4.78, 5) is 27.8. The van der Waals surface area contributed by atoms with Crippen LogP contribution in [0.15, 0.2) is 18.2 Å². The predicted octanol–water partition coefficient (Wildman–Crippen LogP) is 1.44. The molecule has 7 heteroatoms. The monoisotopic (exact) mass is 339 g/mol. The van der Waals surface area contributed by atoms with Crippen molar-refractivity contribution in [3.63, 3.8) is 0 Å². The molecule has 0 saturated carbocycles. The van der Waals surface area contributed by atoms with Crippen molar-refractivity contribution < 1.29 is 14.7 Å². The molecule has 1 aliphatic rings. The van der Waals surface area contributed by atoms with Crippen molar-refractivity contribution in [1.82, 2.24) is 9.80 Å². The zero-order valence-electron chi connectivity index (χ0n) is 13.4. The third-order valence-corrected chi connectivity index (χ3v) is 4.37. The second-order valence-electron chi connectivity index (χ2n) is 5.77. The predicted molar refractivity (Wildman–Crippen MR) is 89.8 cm³/mol. The number of amides is 2. The van der Waals surface area contributed by atoms with Gasteiger partial charge in [-0.3, -0.25) is 14.5 Å². The van der Waals surface area contributed by atoms with Gasteiger partial charge in [0.25, 0.3) is 5.91 Å². The lowest BCUT2D eigenvalue weighted by atomic mass is 10.1. The minimum atomic E-state index is -0.201. The lowest BCUT2D eigenvalue weighted by molar-refractivity contribution is -0.114. The topological polar surface area (TPSA) is 72.9 Å². The lowest BCUT2D eigenvalue weighted by Crippen LogP contribution is -2.53. The van der Waals surface area contributed by atoms with Crippen molar-refractivity contribution >= 4 is 29.1 Å². The Bertz CT molecular complexity index is 594. The van der Waals surface area contributed by atoms with Gasteiger partial charge in [-0.05, 0) is 31.7 Å². The van der Waals surface area contributed by atoms with E-state index >= 15 is 0 Å². The summed E-state index contributed by atoms with van der Waals surface area (Å²) < 4.78 is 0. The highest BCUT2D eigenvalue weighted by Crippen LogP contribution is 2.23. The van der Waals surface area contributed by atoms with Gasteiger partial charge >= 0.3 is 0 Å². The number of carbonyl (C=O) groups is 2. The van der Waals surface area contributed by atoms with E-state index in [9.17, 15) is 9.59 Å². The van der Waals surface area contributed by atoms with Crippen molar-refractivity contribution in [2.24, 2.45) is 0 Å². The number of piperazine rings is 1. The molecule has 0 radical (unpaired) electrons. The summed E-state index contributed by atoms with van der Waals surface area (Å²) in [5, 5.41) is 12.2. The smallest absolute Gasteiger partial charge is 0.255 e. The molecule has 0 bridgehead atoms. The first-order valence-corrected chi connectivity index (χ1v) is 7.97. The standard InChI is InChI=1S/C16H22ClN3O3/c1-11(22)18-12-3-4-15(17)14(9-12)16(23)20-7-6-19(2)13(10-20)5-8-21/h3-4,9,13,21H,5-8,10H2,1-2H3,(H,18,22)/t13-/m1/s1. The van der Waals surface area contributed by atoms with E-state index in [1.54, 1.807) is 23.1 Å². The van der Waals surface area contributed by atoms with Crippen molar-refractivity contribution in [2.75, 3.05) is 38.6 Å². The maximum absolute atomic E-state index is 12.8. The maximum Gasteiger partial charge on any atom is 0.255 e. The Balaban J connectivity index is 2.17. The number of nitrogens with one attached hydrogen (secondary N) is 1. The van der Waals surface area contributed by atoms with Gasteiger partial charge in [0.15, 0.2) is 0 Å². The van der Waals surface area contributed by atoms with E-state index in [0.717, 1.165) is 6.54 Å². The summed E-state index contributed by atoms with van der Waals surface area (Å²) in [6.07, 6.45) is 0.625. The van der Waals surface area contributed by atoms with Gasteiger partial charge in [-0.15, -0.1) is 0 Å². The van der Waals surface area contributed by atoms with Crippen LogP contribution < -0.4 is 5.32 Å². The molecular weight excluding hydrogens is 318 g/mol. The molecule has 0 aromatic heterocycles. The fourth-order valence-corrected chi connectivity index (χ4v) is 2.93. The van der Waals surface area contributed by atoms with Crippen molar-refractivity contribution in [3.8, 4) is 0 Å². The summed E-state index contributed by atoms with van der Waals surface area (Å²) in [5.41, 5.74) is 0.927. The van der Waals surface area contributed by atoms with Crippen LogP contribution in [-0.4, -0.2) is 66.1 Å². The molecule has 0 aliphatic carbocycles. The van der Waals surface area contributed by atoms with Crippen LogP contribution in [-0.2, 0) is 4.79 Å². The van der Waals surface area contributed by atoms with Crippen LogP contribution in [0, 0.1) is 0 Å². The quantitative estimate of drug-likeness (QED) is 0.870. The second kappa shape index (κ2) is 7.77. The lowest BCUT2D eigenvalue weighted by Gasteiger charge is -2.39. The van der Waals surface area contributed by atoms with Crippen LogP contribution in [0.4, 0.5) is 5.69 Å². The van der Waals surface area contributed by atoms with Gasteiger partial charge in [0, 0.05) is 44.9 Å². The number of aliphatic hydroxyl groups excluding tert-OH is 1. The molecule has 1 aliphatic heterocycles. The minimum absolute atomic E-state index is 0.0931. The Labute approximate surface area is 141 Å². The van der Waals surface area contributed by atoms with E-state index in [1.807, 2.05) is 7.05 Å². The number of nitrogens with zero attached hydrogens (tertiary/aromatic N) is 2. The Morgan fingerprint density at radius 2 is 2.13 bits per heavy atom. The number of hydrogen-bond donors (Lipinski definition) is 2. The van der Waals surface area contributed by atoms with Gasteiger partial charge in [0.05, 0.1) is 10.6 Å². The van der Waals surface area contributed by atoms with E-state index in [-0.39, 0.29) is 24.5 Å². The van der Waals surface area contributed by atoms with Crippen molar-refractivity contribution in [1.29, 1.82) is 0 Å². The zero-order chi connectivity index (χ0) is 17.0. The highest BCUT2D eigenvalue weighted by molar-refractivity contribution is 6.34. The van der Waals surface area contributed by atoms with Gasteiger partial charge < -0.3 is 15.3 Å². The number of hydrogen-bond acceptors (Lipinski definition) is 4.